The van der Waals surface area contributed by atoms with Crippen molar-refractivity contribution in [3.63, 3.8) is 0 Å². The van der Waals surface area contributed by atoms with Crippen LogP contribution in [0.4, 0.5) is 22.0 Å². The third kappa shape index (κ3) is 4.53. The highest BCUT2D eigenvalue weighted by atomic mass is 19.4. The molecule has 1 amide bonds. The number of likely N-dealkylation sites (tertiary alicyclic amines) is 1. The highest BCUT2D eigenvalue weighted by Gasteiger charge is 2.34. The van der Waals surface area contributed by atoms with Crippen LogP contribution in [0.25, 0.3) is 22.0 Å². The number of rotatable bonds is 3. The first-order chi connectivity index (χ1) is 15.1. The van der Waals surface area contributed by atoms with Gasteiger partial charge in [-0.05, 0) is 30.2 Å². The maximum Gasteiger partial charge on any atom is 0.419 e. The zero-order chi connectivity index (χ0) is 23.6. The van der Waals surface area contributed by atoms with Crippen molar-refractivity contribution in [2.24, 2.45) is 0 Å². The van der Waals surface area contributed by atoms with E-state index >= 15 is 0 Å². The summed E-state index contributed by atoms with van der Waals surface area (Å²) >= 11 is 0. The SMILES string of the molecule is CC.O=C(Cn1ccc2[nH]cc(-c3ccc(F)c(C(F)(F)F)c3)c2c1=O)N1CCC(F)C1. The Morgan fingerprint density at radius 1 is 1.22 bits per heavy atom. The molecule has 3 heterocycles. The molecule has 0 saturated carbocycles. The summed E-state index contributed by atoms with van der Waals surface area (Å²) in [7, 11) is 0. The summed E-state index contributed by atoms with van der Waals surface area (Å²) < 4.78 is 67.3. The van der Waals surface area contributed by atoms with Gasteiger partial charge < -0.3 is 14.5 Å². The van der Waals surface area contributed by atoms with Gasteiger partial charge in [0.1, 0.15) is 18.5 Å². The Labute approximate surface area is 180 Å². The number of halogens is 5. The Hall–Kier alpha value is -3.17. The predicted molar refractivity (Wildman–Crippen MR) is 110 cm³/mol. The lowest BCUT2D eigenvalue weighted by atomic mass is 10.0. The molecule has 1 unspecified atom stereocenters. The Morgan fingerprint density at radius 2 is 1.94 bits per heavy atom. The average Bonchev–Trinajstić information content (AvgIpc) is 3.38. The molecule has 0 radical (unpaired) electrons. The van der Waals surface area contributed by atoms with E-state index in [0.29, 0.717) is 17.6 Å². The maximum absolute atomic E-state index is 13.6. The van der Waals surface area contributed by atoms with Crippen molar-refractivity contribution < 1.29 is 26.7 Å². The van der Waals surface area contributed by atoms with E-state index < -0.39 is 35.2 Å². The van der Waals surface area contributed by atoms with Gasteiger partial charge >= 0.3 is 6.18 Å². The standard InChI is InChI=1S/C20H16F5N3O2.C2H6/c21-12-3-5-27(9-12)17(29)10-28-6-4-16-18(19(28)30)13(8-26-16)11-1-2-15(22)14(7-11)20(23,24)25;1-2/h1-2,4,6-8,12,26H,3,5,9-10H2;1-2H3. The van der Waals surface area contributed by atoms with E-state index in [9.17, 15) is 31.5 Å². The molecule has 1 saturated heterocycles. The summed E-state index contributed by atoms with van der Waals surface area (Å²) in [6.07, 6.45) is -2.99. The highest BCUT2D eigenvalue weighted by molar-refractivity contribution is 5.95. The number of carbonyl (C=O) groups excluding carboxylic acids is 1. The van der Waals surface area contributed by atoms with Gasteiger partial charge in [0.25, 0.3) is 5.56 Å². The summed E-state index contributed by atoms with van der Waals surface area (Å²) in [6, 6.07) is 4.01. The smallest absolute Gasteiger partial charge is 0.360 e. The molecule has 0 aliphatic carbocycles. The fraction of sp³-hybridized carbons (Fsp3) is 0.364. The van der Waals surface area contributed by atoms with Crippen LogP contribution >= 0.6 is 0 Å². The third-order valence-electron chi connectivity index (χ3n) is 5.18. The molecule has 32 heavy (non-hydrogen) atoms. The van der Waals surface area contributed by atoms with Gasteiger partial charge in [0.05, 0.1) is 23.0 Å². The zero-order valence-electron chi connectivity index (χ0n) is 17.5. The molecule has 172 valence electrons. The molecule has 1 aliphatic heterocycles. The summed E-state index contributed by atoms with van der Waals surface area (Å²) in [6.45, 7) is 3.92. The van der Waals surface area contributed by atoms with E-state index in [-0.39, 0.29) is 42.6 Å². The molecular formula is C22H22F5N3O2. The number of pyridine rings is 1. The first-order valence-corrected chi connectivity index (χ1v) is 10.1. The number of H-pyrrole nitrogens is 1. The molecule has 1 aromatic carbocycles. The van der Waals surface area contributed by atoms with Crippen LogP contribution in [0.5, 0.6) is 0 Å². The molecule has 10 heteroatoms. The van der Waals surface area contributed by atoms with E-state index in [4.69, 9.17) is 0 Å². The molecule has 1 atom stereocenters. The topological polar surface area (TPSA) is 58.1 Å². The molecule has 5 nitrogen and oxygen atoms in total. The number of amides is 1. The van der Waals surface area contributed by atoms with Gasteiger partial charge in [0, 0.05) is 24.5 Å². The fourth-order valence-corrected chi connectivity index (χ4v) is 3.63. The number of alkyl halides is 4. The van der Waals surface area contributed by atoms with Crippen molar-refractivity contribution in [2.75, 3.05) is 13.1 Å². The predicted octanol–water partition coefficient (Wildman–Crippen LogP) is 4.75. The molecule has 1 N–H and O–H groups in total. The second-order valence-corrected chi connectivity index (χ2v) is 7.16. The lowest BCUT2D eigenvalue weighted by Gasteiger charge is -2.16. The van der Waals surface area contributed by atoms with Gasteiger partial charge in [-0.25, -0.2) is 8.78 Å². The molecule has 0 spiro atoms. The van der Waals surface area contributed by atoms with Crippen LogP contribution in [0, 0.1) is 5.82 Å². The number of benzene rings is 1. The minimum absolute atomic E-state index is 0.0102. The van der Waals surface area contributed by atoms with Gasteiger partial charge in [0.2, 0.25) is 5.91 Å². The quantitative estimate of drug-likeness (QED) is 0.580. The van der Waals surface area contributed by atoms with Gasteiger partial charge in [-0.1, -0.05) is 19.9 Å². The number of hydrogen-bond donors (Lipinski definition) is 1. The summed E-state index contributed by atoms with van der Waals surface area (Å²) in [5.41, 5.74) is -1.49. The average molecular weight is 455 g/mol. The maximum atomic E-state index is 13.6. The van der Waals surface area contributed by atoms with Gasteiger partial charge in [0.15, 0.2) is 0 Å². The first-order valence-electron chi connectivity index (χ1n) is 10.1. The Morgan fingerprint density at radius 3 is 2.56 bits per heavy atom. The largest absolute Gasteiger partial charge is 0.419 e. The number of nitrogens with one attached hydrogen (secondary N) is 1. The van der Waals surface area contributed by atoms with Crippen LogP contribution < -0.4 is 5.56 Å². The summed E-state index contributed by atoms with van der Waals surface area (Å²) in [4.78, 5) is 29.4. The number of fused-ring (bicyclic) bond motifs is 1. The molecule has 1 fully saturated rings. The van der Waals surface area contributed by atoms with Gasteiger partial charge in [-0.15, -0.1) is 0 Å². The van der Waals surface area contributed by atoms with E-state index in [1.165, 1.54) is 23.4 Å². The van der Waals surface area contributed by atoms with Crippen LogP contribution in [0.15, 0.2) is 41.5 Å². The lowest BCUT2D eigenvalue weighted by molar-refractivity contribution is -0.140. The third-order valence-corrected chi connectivity index (χ3v) is 5.18. The number of aromatic amines is 1. The van der Waals surface area contributed by atoms with Crippen molar-refractivity contribution in [1.82, 2.24) is 14.5 Å². The number of aromatic nitrogens is 2. The highest BCUT2D eigenvalue weighted by Crippen LogP contribution is 2.35. The monoisotopic (exact) mass is 455 g/mol. The normalized spacial score (nSPS) is 16.2. The van der Waals surface area contributed by atoms with Gasteiger partial charge in [-0.2, -0.15) is 13.2 Å². The molecule has 1 aliphatic rings. The van der Waals surface area contributed by atoms with E-state index in [0.717, 1.165) is 10.6 Å². The minimum Gasteiger partial charge on any atom is -0.360 e. The van der Waals surface area contributed by atoms with E-state index in [2.05, 4.69) is 4.98 Å². The van der Waals surface area contributed by atoms with Gasteiger partial charge in [-0.3, -0.25) is 9.59 Å². The Balaban J connectivity index is 0.00000141. The molecule has 0 bridgehead atoms. The van der Waals surface area contributed by atoms with Crippen molar-refractivity contribution in [1.29, 1.82) is 0 Å². The van der Waals surface area contributed by atoms with Crippen molar-refractivity contribution >= 4 is 16.8 Å². The number of nitrogens with zero attached hydrogens (tertiary/aromatic N) is 2. The van der Waals surface area contributed by atoms with Crippen LogP contribution in [0.1, 0.15) is 25.8 Å². The Kier molecular flexibility index (Phi) is 6.71. The number of hydrogen-bond acceptors (Lipinski definition) is 2. The van der Waals surface area contributed by atoms with Crippen molar-refractivity contribution in [3.05, 3.63) is 58.4 Å². The second kappa shape index (κ2) is 9.13. The second-order valence-electron chi connectivity index (χ2n) is 7.16. The molecule has 3 aromatic rings. The molecular weight excluding hydrogens is 433 g/mol. The van der Waals surface area contributed by atoms with Crippen LogP contribution in [-0.4, -0.2) is 39.6 Å². The van der Waals surface area contributed by atoms with Crippen LogP contribution in [-0.2, 0) is 17.5 Å². The first kappa shape index (κ1) is 23.5. The fourth-order valence-electron chi connectivity index (χ4n) is 3.63. The van der Waals surface area contributed by atoms with E-state index in [1.54, 1.807) is 0 Å². The molecule has 2 aromatic heterocycles. The zero-order valence-corrected chi connectivity index (χ0v) is 17.5. The summed E-state index contributed by atoms with van der Waals surface area (Å²) in [5, 5.41) is 0.0785. The minimum atomic E-state index is -4.89. The van der Waals surface area contributed by atoms with Crippen molar-refractivity contribution in [3.8, 4) is 11.1 Å². The van der Waals surface area contributed by atoms with Crippen LogP contribution in [0.2, 0.25) is 0 Å². The summed E-state index contributed by atoms with van der Waals surface area (Å²) in [5.74, 6) is -1.83. The van der Waals surface area contributed by atoms with Crippen LogP contribution in [0.3, 0.4) is 0 Å². The Bertz CT molecular complexity index is 1180. The lowest BCUT2D eigenvalue weighted by Crippen LogP contribution is -2.35. The molecule has 4 rings (SSSR count). The van der Waals surface area contributed by atoms with E-state index in [1.807, 2.05) is 13.8 Å². The number of carbonyl (C=O) groups is 1. The van der Waals surface area contributed by atoms with Crippen molar-refractivity contribution in [2.45, 2.75) is 39.2 Å².